The van der Waals surface area contributed by atoms with Crippen molar-refractivity contribution in [2.24, 2.45) is 0 Å². The van der Waals surface area contributed by atoms with E-state index in [-0.39, 0.29) is 0 Å². The average molecular weight is 390 g/mol. The lowest BCUT2D eigenvalue weighted by atomic mass is 10.0. The number of aromatic nitrogens is 3. The number of anilines is 3. The SMILES string of the molecule is CCc1nc(N)c2cnc(N)cc2c1-c1nc2cc(N3CCOCC3)ccc2o1. The second kappa shape index (κ2) is 6.89. The maximum Gasteiger partial charge on any atom is 0.229 e. The Labute approximate surface area is 167 Å². The number of rotatable bonds is 3. The van der Waals surface area contributed by atoms with Crippen molar-refractivity contribution < 1.29 is 9.15 Å². The summed E-state index contributed by atoms with van der Waals surface area (Å²) < 4.78 is 11.6. The molecule has 1 saturated heterocycles. The maximum absolute atomic E-state index is 6.15. The lowest BCUT2D eigenvalue weighted by Crippen LogP contribution is -2.36. The Hall–Kier alpha value is -3.39. The van der Waals surface area contributed by atoms with Crippen LogP contribution in [-0.4, -0.2) is 41.3 Å². The Kier molecular flexibility index (Phi) is 4.21. The highest BCUT2D eigenvalue weighted by molar-refractivity contribution is 6.02. The van der Waals surface area contributed by atoms with E-state index in [9.17, 15) is 0 Å². The molecule has 1 aromatic carbocycles. The standard InChI is InChI=1S/C21H22N6O2/c1-2-15-19(13-10-18(22)24-11-14(13)20(23)25-15)21-26-16-9-12(3-4-17(16)29-21)27-5-7-28-8-6-27/h3-4,9-11H,2,5-8H2,1H3,(H2,22,24)(H2,23,25). The predicted molar refractivity (Wildman–Crippen MR) is 114 cm³/mol. The van der Waals surface area contributed by atoms with Gasteiger partial charge in [0.15, 0.2) is 5.58 Å². The van der Waals surface area contributed by atoms with Crippen molar-refractivity contribution in [1.29, 1.82) is 0 Å². The summed E-state index contributed by atoms with van der Waals surface area (Å²) in [4.78, 5) is 15.8. The Morgan fingerprint density at radius 2 is 1.90 bits per heavy atom. The molecular weight excluding hydrogens is 368 g/mol. The second-order valence-corrected chi connectivity index (χ2v) is 7.10. The molecule has 0 amide bonds. The molecule has 0 aliphatic carbocycles. The molecule has 5 rings (SSSR count). The highest BCUT2D eigenvalue weighted by Gasteiger charge is 2.20. The quantitative estimate of drug-likeness (QED) is 0.548. The number of hydrogen-bond donors (Lipinski definition) is 2. The Morgan fingerprint density at radius 1 is 1.07 bits per heavy atom. The Morgan fingerprint density at radius 3 is 2.69 bits per heavy atom. The van der Waals surface area contributed by atoms with Gasteiger partial charge in [-0.25, -0.2) is 15.0 Å². The third kappa shape index (κ3) is 3.01. The van der Waals surface area contributed by atoms with Gasteiger partial charge in [-0.2, -0.15) is 0 Å². The van der Waals surface area contributed by atoms with Crippen molar-refractivity contribution in [3.8, 4) is 11.5 Å². The summed E-state index contributed by atoms with van der Waals surface area (Å²) in [6.45, 7) is 5.24. The van der Waals surface area contributed by atoms with Crippen LogP contribution in [0.5, 0.6) is 0 Å². The summed E-state index contributed by atoms with van der Waals surface area (Å²) in [5, 5.41) is 1.59. The summed E-state index contributed by atoms with van der Waals surface area (Å²) in [7, 11) is 0. The van der Waals surface area contributed by atoms with Crippen molar-refractivity contribution in [2.45, 2.75) is 13.3 Å². The van der Waals surface area contributed by atoms with Crippen LogP contribution in [0.2, 0.25) is 0 Å². The first-order valence-electron chi connectivity index (χ1n) is 9.71. The monoisotopic (exact) mass is 390 g/mol. The third-order valence-corrected chi connectivity index (χ3v) is 5.31. The zero-order valence-electron chi connectivity index (χ0n) is 16.2. The van der Waals surface area contributed by atoms with Crippen LogP contribution in [0.4, 0.5) is 17.3 Å². The molecule has 0 atom stereocenters. The second-order valence-electron chi connectivity index (χ2n) is 7.10. The smallest absolute Gasteiger partial charge is 0.229 e. The number of nitrogen functional groups attached to an aromatic ring is 2. The summed E-state index contributed by atoms with van der Waals surface area (Å²) in [6.07, 6.45) is 2.34. The van der Waals surface area contributed by atoms with Gasteiger partial charge in [-0.15, -0.1) is 0 Å². The van der Waals surface area contributed by atoms with Crippen molar-refractivity contribution in [3.63, 3.8) is 0 Å². The van der Waals surface area contributed by atoms with Gasteiger partial charge in [-0.3, -0.25) is 0 Å². The minimum absolute atomic E-state index is 0.414. The van der Waals surface area contributed by atoms with Gasteiger partial charge in [-0.05, 0) is 30.7 Å². The molecule has 3 aromatic heterocycles. The Bertz CT molecular complexity index is 1210. The number of oxazole rings is 1. The van der Waals surface area contributed by atoms with E-state index in [0.717, 1.165) is 65.1 Å². The van der Waals surface area contributed by atoms with E-state index >= 15 is 0 Å². The highest BCUT2D eigenvalue weighted by atomic mass is 16.5. The van der Waals surface area contributed by atoms with Gasteiger partial charge in [0.1, 0.15) is 17.2 Å². The number of nitrogens with two attached hydrogens (primary N) is 2. The van der Waals surface area contributed by atoms with Gasteiger partial charge in [0.05, 0.1) is 24.5 Å². The molecule has 0 spiro atoms. The number of morpholine rings is 1. The van der Waals surface area contributed by atoms with E-state index in [4.69, 9.17) is 25.6 Å². The van der Waals surface area contributed by atoms with Crippen LogP contribution in [0.25, 0.3) is 33.3 Å². The predicted octanol–water partition coefficient (Wildman–Crippen LogP) is 3.00. The van der Waals surface area contributed by atoms with Crippen LogP contribution in [0, 0.1) is 0 Å². The largest absolute Gasteiger partial charge is 0.436 e. The van der Waals surface area contributed by atoms with Crippen LogP contribution >= 0.6 is 0 Å². The molecule has 4 heterocycles. The molecule has 0 bridgehead atoms. The molecule has 0 unspecified atom stereocenters. The molecule has 4 aromatic rings. The first kappa shape index (κ1) is 17.7. The van der Waals surface area contributed by atoms with Crippen LogP contribution in [0.15, 0.2) is 34.9 Å². The van der Waals surface area contributed by atoms with Gasteiger partial charge >= 0.3 is 0 Å². The topological polar surface area (TPSA) is 116 Å². The summed E-state index contributed by atoms with van der Waals surface area (Å²) in [5.41, 5.74) is 16.4. The summed E-state index contributed by atoms with van der Waals surface area (Å²) in [6, 6.07) is 7.88. The zero-order chi connectivity index (χ0) is 20.0. The molecule has 8 nitrogen and oxygen atoms in total. The van der Waals surface area contributed by atoms with E-state index < -0.39 is 0 Å². The Balaban J connectivity index is 1.68. The normalized spacial score (nSPS) is 14.7. The minimum atomic E-state index is 0.414. The number of fused-ring (bicyclic) bond motifs is 2. The van der Waals surface area contributed by atoms with Crippen molar-refractivity contribution in [3.05, 3.63) is 36.2 Å². The fourth-order valence-electron chi connectivity index (χ4n) is 3.83. The van der Waals surface area contributed by atoms with Crippen LogP contribution in [0.3, 0.4) is 0 Å². The molecular formula is C21H22N6O2. The van der Waals surface area contributed by atoms with Crippen LogP contribution < -0.4 is 16.4 Å². The maximum atomic E-state index is 6.15. The van der Waals surface area contributed by atoms with Crippen molar-refractivity contribution in [2.75, 3.05) is 42.7 Å². The fourth-order valence-corrected chi connectivity index (χ4v) is 3.83. The number of nitrogens with zero attached hydrogens (tertiary/aromatic N) is 4. The van der Waals surface area contributed by atoms with Crippen LogP contribution in [0.1, 0.15) is 12.6 Å². The summed E-state index contributed by atoms with van der Waals surface area (Å²) >= 11 is 0. The van der Waals surface area contributed by atoms with Crippen molar-refractivity contribution >= 4 is 39.2 Å². The number of benzene rings is 1. The third-order valence-electron chi connectivity index (χ3n) is 5.31. The first-order chi connectivity index (χ1) is 14.1. The van der Waals surface area contributed by atoms with E-state index in [2.05, 4.69) is 27.0 Å². The molecule has 4 N–H and O–H groups in total. The first-order valence-corrected chi connectivity index (χ1v) is 9.71. The molecule has 148 valence electrons. The number of hydrogen-bond acceptors (Lipinski definition) is 8. The summed E-state index contributed by atoms with van der Waals surface area (Å²) in [5.74, 6) is 1.36. The number of ether oxygens (including phenoxy) is 1. The number of pyridine rings is 2. The molecule has 1 fully saturated rings. The van der Waals surface area contributed by atoms with E-state index in [1.54, 1.807) is 12.3 Å². The van der Waals surface area contributed by atoms with Crippen LogP contribution in [-0.2, 0) is 11.2 Å². The molecule has 29 heavy (non-hydrogen) atoms. The highest BCUT2D eigenvalue weighted by Crippen LogP contribution is 2.36. The van der Waals surface area contributed by atoms with Gasteiger partial charge in [0.2, 0.25) is 5.89 Å². The van der Waals surface area contributed by atoms with Crippen molar-refractivity contribution in [1.82, 2.24) is 15.0 Å². The van der Waals surface area contributed by atoms with E-state index in [1.807, 2.05) is 13.0 Å². The molecule has 8 heteroatoms. The molecule has 1 aliphatic rings. The van der Waals surface area contributed by atoms with Gasteiger partial charge < -0.3 is 25.5 Å². The average Bonchev–Trinajstić information content (AvgIpc) is 3.16. The van der Waals surface area contributed by atoms with Gasteiger partial charge in [-0.1, -0.05) is 6.92 Å². The minimum Gasteiger partial charge on any atom is -0.436 e. The molecule has 0 radical (unpaired) electrons. The molecule has 1 aliphatic heterocycles. The van der Waals surface area contributed by atoms with E-state index in [0.29, 0.717) is 23.9 Å². The molecule has 0 saturated carbocycles. The van der Waals surface area contributed by atoms with E-state index in [1.165, 1.54) is 0 Å². The number of aryl methyl sites for hydroxylation is 1. The lowest BCUT2D eigenvalue weighted by molar-refractivity contribution is 0.122. The fraction of sp³-hybridized carbons (Fsp3) is 0.286. The zero-order valence-corrected chi connectivity index (χ0v) is 16.2. The lowest BCUT2D eigenvalue weighted by Gasteiger charge is -2.28. The van der Waals surface area contributed by atoms with Gasteiger partial charge in [0.25, 0.3) is 0 Å². The van der Waals surface area contributed by atoms with Gasteiger partial charge in [0, 0.05) is 35.7 Å².